The molecule has 2 fully saturated rings. The Morgan fingerprint density at radius 2 is 2.10 bits per heavy atom. The van der Waals surface area contributed by atoms with Crippen LogP contribution in [0.25, 0.3) is 0 Å². The molecule has 0 saturated heterocycles. The number of hydrogen-bond acceptors (Lipinski definition) is 2. The minimum atomic E-state index is -0.461. The van der Waals surface area contributed by atoms with E-state index in [-0.39, 0.29) is 29.6 Å². The molecule has 0 heterocycles. The van der Waals surface area contributed by atoms with Gasteiger partial charge < -0.3 is 10.4 Å². The van der Waals surface area contributed by atoms with Gasteiger partial charge in [-0.25, -0.2) is 4.39 Å². The van der Waals surface area contributed by atoms with Gasteiger partial charge in [0.05, 0.1) is 12.1 Å². The third kappa shape index (κ3) is 3.06. The van der Waals surface area contributed by atoms with Gasteiger partial charge in [0.2, 0.25) is 5.91 Å². The standard InChI is InChI=1S/C16H19ClFNO2/c17-11-4-3-5-12(18)15(11)9-8-10(9)16(21)19-13-6-1-2-7-14(13)20/h3-5,9-10,13-14,20H,1-2,6-8H2,(H,19,21). The topological polar surface area (TPSA) is 49.3 Å². The molecule has 3 rings (SSSR count). The van der Waals surface area contributed by atoms with E-state index >= 15 is 0 Å². The van der Waals surface area contributed by atoms with Crippen LogP contribution in [-0.4, -0.2) is 23.2 Å². The summed E-state index contributed by atoms with van der Waals surface area (Å²) >= 11 is 6.04. The monoisotopic (exact) mass is 311 g/mol. The molecule has 2 aliphatic carbocycles. The number of benzene rings is 1. The van der Waals surface area contributed by atoms with Crippen LogP contribution in [0.3, 0.4) is 0 Å². The van der Waals surface area contributed by atoms with Crippen LogP contribution in [0.2, 0.25) is 5.02 Å². The average molecular weight is 312 g/mol. The van der Waals surface area contributed by atoms with Gasteiger partial charge in [-0.2, -0.15) is 0 Å². The lowest BCUT2D eigenvalue weighted by molar-refractivity contribution is -0.124. The molecule has 0 bridgehead atoms. The second-order valence-corrected chi connectivity index (χ2v) is 6.46. The molecule has 5 heteroatoms. The summed E-state index contributed by atoms with van der Waals surface area (Å²) in [5.74, 6) is -0.807. The summed E-state index contributed by atoms with van der Waals surface area (Å²) in [4.78, 5) is 12.2. The lowest BCUT2D eigenvalue weighted by Crippen LogP contribution is -2.45. The second kappa shape index (κ2) is 5.93. The van der Waals surface area contributed by atoms with E-state index < -0.39 is 6.10 Å². The Hall–Kier alpha value is -1.13. The smallest absolute Gasteiger partial charge is 0.224 e. The van der Waals surface area contributed by atoms with Crippen LogP contribution in [0.4, 0.5) is 4.39 Å². The van der Waals surface area contributed by atoms with Gasteiger partial charge in [0.25, 0.3) is 0 Å². The fraction of sp³-hybridized carbons (Fsp3) is 0.562. The summed E-state index contributed by atoms with van der Waals surface area (Å²) in [6.45, 7) is 0. The van der Waals surface area contributed by atoms with E-state index in [2.05, 4.69) is 5.32 Å². The van der Waals surface area contributed by atoms with E-state index in [1.807, 2.05) is 0 Å². The first-order valence-electron chi connectivity index (χ1n) is 7.50. The maximum absolute atomic E-state index is 13.8. The summed E-state index contributed by atoms with van der Waals surface area (Å²) in [7, 11) is 0. The van der Waals surface area contributed by atoms with E-state index in [1.165, 1.54) is 6.07 Å². The minimum Gasteiger partial charge on any atom is -0.391 e. The van der Waals surface area contributed by atoms with Crippen LogP contribution in [-0.2, 0) is 4.79 Å². The van der Waals surface area contributed by atoms with Crippen molar-refractivity contribution >= 4 is 17.5 Å². The van der Waals surface area contributed by atoms with E-state index in [0.29, 0.717) is 17.0 Å². The number of halogens is 2. The second-order valence-electron chi connectivity index (χ2n) is 6.05. The van der Waals surface area contributed by atoms with Gasteiger partial charge in [0, 0.05) is 22.4 Å². The molecule has 114 valence electrons. The third-order valence-electron chi connectivity index (χ3n) is 4.55. The normalized spacial score (nSPS) is 31.8. The van der Waals surface area contributed by atoms with E-state index in [4.69, 9.17) is 11.6 Å². The van der Waals surface area contributed by atoms with Crippen LogP contribution in [0.5, 0.6) is 0 Å². The molecule has 0 aliphatic heterocycles. The highest BCUT2D eigenvalue weighted by molar-refractivity contribution is 6.31. The molecule has 3 nitrogen and oxygen atoms in total. The zero-order valence-electron chi connectivity index (χ0n) is 11.7. The quantitative estimate of drug-likeness (QED) is 0.901. The number of rotatable bonds is 3. The molecule has 0 spiro atoms. The van der Waals surface area contributed by atoms with Crippen LogP contribution in [0.15, 0.2) is 18.2 Å². The molecule has 1 amide bonds. The van der Waals surface area contributed by atoms with Gasteiger partial charge in [0.1, 0.15) is 5.82 Å². The molecule has 21 heavy (non-hydrogen) atoms. The van der Waals surface area contributed by atoms with E-state index in [0.717, 1.165) is 25.7 Å². The number of nitrogens with one attached hydrogen (secondary N) is 1. The highest BCUT2D eigenvalue weighted by Crippen LogP contribution is 2.50. The van der Waals surface area contributed by atoms with Crippen LogP contribution in [0.1, 0.15) is 43.6 Å². The number of aliphatic hydroxyl groups excluding tert-OH is 1. The van der Waals surface area contributed by atoms with Crippen molar-refractivity contribution in [3.05, 3.63) is 34.6 Å². The van der Waals surface area contributed by atoms with Crippen molar-refractivity contribution in [1.29, 1.82) is 0 Å². The fourth-order valence-electron chi connectivity index (χ4n) is 3.24. The molecule has 4 unspecified atom stereocenters. The number of carbonyl (C=O) groups excluding carboxylic acids is 1. The van der Waals surface area contributed by atoms with Crippen molar-refractivity contribution in [2.75, 3.05) is 0 Å². The number of amides is 1. The first-order valence-corrected chi connectivity index (χ1v) is 7.88. The lowest BCUT2D eigenvalue weighted by Gasteiger charge is -2.28. The average Bonchev–Trinajstić information content (AvgIpc) is 3.21. The predicted octanol–water partition coefficient (Wildman–Crippen LogP) is 3.00. The van der Waals surface area contributed by atoms with Gasteiger partial charge in [0.15, 0.2) is 0 Å². The lowest BCUT2D eigenvalue weighted by atomic mass is 9.92. The Morgan fingerprint density at radius 1 is 1.33 bits per heavy atom. The first kappa shape index (κ1) is 14.8. The molecular formula is C16H19ClFNO2. The predicted molar refractivity (Wildman–Crippen MR) is 78.7 cm³/mol. The van der Waals surface area contributed by atoms with Crippen LogP contribution >= 0.6 is 11.6 Å². The summed E-state index contributed by atoms with van der Waals surface area (Å²) in [6.07, 6.45) is 3.73. The van der Waals surface area contributed by atoms with Crippen molar-refractivity contribution in [3.63, 3.8) is 0 Å². The summed E-state index contributed by atoms with van der Waals surface area (Å²) in [5, 5.41) is 13.2. The molecule has 2 saturated carbocycles. The fourth-order valence-corrected chi connectivity index (χ4v) is 3.54. The van der Waals surface area contributed by atoms with Crippen molar-refractivity contribution < 1.29 is 14.3 Å². The molecular weight excluding hydrogens is 293 g/mol. The summed E-state index contributed by atoms with van der Waals surface area (Å²) in [5.41, 5.74) is 0.448. The van der Waals surface area contributed by atoms with Gasteiger partial charge in [-0.05, 0) is 31.4 Å². The maximum atomic E-state index is 13.8. The minimum absolute atomic E-state index is 0.0923. The largest absolute Gasteiger partial charge is 0.391 e. The molecule has 4 atom stereocenters. The molecule has 0 aromatic heterocycles. The van der Waals surface area contributed by atoms with E-state index in [1.54, 1.807) is 12.1 Å². The van der Waals surface area contributed by atoms with Gasteiger partial charge >= 0.3 is 0 Å². The molecule has 1 aromatic carbocycles. The Kier molecular flexibility index (Phi) is 4.18. The van der Waals surface area contributed by atoms with Crippen molar-refractivity contribution in [2.24, 2.45) is 5.92 Å². The Morgan fingerprint density at radius 3 is 2.81 bits per heavy atom. The van der Waals surface area contributed by atoms with Crippen molar-refractivity contribution in [2.45, 2.75) is 50.2 Å². The SMILES string of the molecule is O=C(NC1CCCCC1O)C1CC1c1c(F)cccc1Cl. The number of carbonyl (C=O) groups is 1. The van der Waals surface area contributed by atoms with Gasteiger partial charge in [-0.1, -0.05) is 30.5 Å². The summed E-state index contributed by atoms with van der Waals surface area (Å²) < 4.78 is 13.8. The van der Waals surface area contributed by atoms with Crippen LogP contribution in [0, 0.1) is 11.7 Å². The number of hydrogen-bond donors (Lipinski definition) is 2. The maximum Gasteiger partial charge on any atom is 0.224 e. The van der Waals surface area contributed by atoms with Crippen LogP contribution < -0.4 is 5.32 Å². The highest BCUT2D eigenvalue weighted by atomic mass is 35.5. The highest BCUT2D eigenvalue weighted by Gasteiger charge is 2.46. The first-order chi connectivity index (χ1) is 10.1. The number of aliphatic hydroxyl groups is 1. The van der Waals surface area contributed by atoms with Gasteiger partial charge in [-0.3, -0.25) is 4.79 Å². The molecule has 0 radical (unpaired) electrons. The summed E-state index contributed by atoms with van der Waals surface area (Å²) in [6, 6.07) is 4.43. The van der Waals surface area contributed by atoms with Gasteiger partial charge in [-0.15, -0.1) is 0 Å². The van der Waals surface area contributed by atoms with Crippen molar-refractivity contribution in [1.82, 2.24) is 5.32 Å². The zero-order chi connectivity index (χ0) is 15.0. The Balaban J connectivity index is 1.63. The third-order valence-corrected chi connectivity index (χ3v) is 4.88. The molecule has 2 N–H and O–H groups in total. The zero-order valence-corrected chi connectivity index (χ0v) is 12.4. The molecule has 2 aliphatic rings. The Labute approximate surface area is 128 Å². The molecule has 1 aromatic rings. The van der Waals surface area contributed by atoms with E-state index in [9.17, 15) is 14.3 Å². The van der Waals surface area contributed by atoms with Crippen molar-refractivity contribution in [3.8, 4) is 0 Å². The Bertz CT molecular complexity index is 531.